The first-order chi connectivity index (χ1) is 12.2. The van der Waals surface area contributed by atoms with Crippen LogP contribution in [0.4, 0.5) is 0 Å². The minimum Gasteiger partial charge on any atom is -0.335 e. The minimum atomic E-state index is 0.0684. The van der Waals surface area contributed by atoms with E-state index in [-0.39, 0.29) is 11.9 Å². The maximum atomic E-state index is 13.0. The van der Waals surface area contributed by atoms with E-state index in [1.165, 1.54) is 11.1 Å². The second-order valence-electron chi connectivity index (χ2n) is 6.54. The summed E-state index contributed by atoms with van der Waals surface area (Å²) in [5.41, 5.74) is 4.38. The highest BCUT2D eigenvalue weighted by molar-refractivity contribution is 5.94. The summed E-state index contributed by atoms with van der Waals surface area (Å²) in [5, 5.41) is 0. The van der Waals surface area contributed by atoms with Crippen LogP contribution in [0.1, 0.15) is 40.4 Å². The summed E-state index contributed by atoms with van der Waals surface area (Å²) in [7, 11) is 1.92. The molecule has 0 saturated heterocycles. The number of carbonyl (C=O) groups excluding carboxylic acids is 1. The molecule has 0 saturated carbocycles. The monoisotopic (exact) mass is 331 g/mol. The fourth-order valence-electron chi connectivity index (χ4n) is 3.66. The van der Waals surface area contributed by atoms with E-state index in [9.17, 15) is 4.79 Å². The molecular weight excluding hydrogens is 310 g/mol. The van der Waals surface area contributed by atoms with Gasteiger partial charge in [0, 0.05) is 30.7 Å². The summed E-state index contributed by atoms with van der Waals surface area (Å²) in [6.07, 6.45) is 8.64. The Balaban J connectivity index is 1.57. The van der Waals surface area contributed by atoms with Gasteiger partial charge in [-0.1, -0.05) is 24.3 Å². The normalized spacial score (nSPS) is 16.3. The highest BCUT2D eigenvalue weighted by Crippen LogP contribution is 2.34. The minimum absolute atomic E-state index is 0.0684. The lowest BCUT2D eigenvalue weighted by Gasteiger charge is -2.33. The number of fused-ring (bicyclic) bond motifs is 1. The van der Waals surface area contributed by atoms with E-state index in [0.717, 1.165) is 30.5 Å². The van der Waals surface area contributed by atoms with Crippen molar-refractivity contribution in [1.82, 2.24) is 14.5 Å². The van der Waals surface area contributed by atoms with Crippen molar-refractivity contribution < 1.29 is 4.79 Å². The highest BCUT2D eigenvalue weighted by atomic mass is 16.2. The maximum Gasteiger partial charge on any atom is 0.254 e. The Kier molecular flexibility index (Phi) is 4.10. The van der Waals surface area contributed by atoms with Crippen molar-refractivity contribution in [3.05, 3.63) is 83.9 Å². The van der Waals surface area contributed by atoms with Gasteiger partial charge in [0.05, 0.1) is 12.4 Å². The summed E-state index contributed by atoms with van der Waals surface area (Å²) in [5.74, 6) is 0.0684. The molecule has 25 heavy (non-hydrogen) atoms. The number of aromatic nitrogens is 2. The van der Waals surface area contributed by atoms with Crippen molar-refractivity contribution in [3.63, 3.8) is 0 Å². The molecule has 4 rings (SSSR count). The first-order valence-electron chi connectivity index (χ1n) is 8.67. The van der Waals surface area contributed by atoms with Gasteiger partial charge in [-0.15, -0.1) is 0 Å². The number of aryl methyl sites for hydroxylation is 1. The molecule has 1 atom stereocenters. The van der Waals surface area contributed by atoms with Crippen LogP contribution in [-0.4, -0.2) is 27.4 Å². The Morgan fingerprint density at radius 1 is 1.16 bits per heavy atom. The first kappa shape index (κ1) is 15.6. The summed E-state index contributed by atoms with van der Waals surface area (Å²) < 4.78 is 1.93. The molecule has 0 spiro atoms. The molecular formula is C21H21N3O. The van der Waals surface area contributed by atoms with E-state index in [1.807, 2.05) is 47.0 Å². The van der Waals surface area contributed by atoms with Gasteiger partial charge in [0.1, 0.15) is 0 Å². The molecule has 0 unspecified atom stereocenters. The van der Waals surface area contributed by atoms with Gasteiger partial charge in [-0.3, -0.25) is 4.79 Å². The largest absolute Gasteiger partial charge is 0.335 e. The van der Waals surface area contributed by atoms with Crippen molar-refractivity contribution in [3.8, 4) is 5.69 Å². The van der Waals surface area contributed by atoms with Crippen LogP contribution in [0.25, 0.3) is 5.69 Å². The molecule has 0 aliphatic heterocycles. The number of rotatable bonds is 3. The molecule has 2 aromatic carbocycles. The third-order valence-corrected chi connectivity index (χ3v) is 5.04. The standard InChI is InChI=1S/C21H21N3O/c1-23(20-8-4-6-16-5-2-3-7-19(16)20)21(25)17-9-11-18(12-10-17)24-14-13-22-15-24/h2-3,5,7,9-15,20H,4,6,8H2,1H3/t20-/m1/s1. The predicted octanol–water partition coefficient (Wildman–Crippen LogP) is 4.02. The molecule has 4 heteroatoms. The summed E-state index contributed by atoms with van der Waals surface area (Å²) in [4.78, 5) is 18.9. The zero-order valence-corrected chi connectivity index (χ0v) is 14.3. The smallest absolute Gasteiger partial charge is 0.254 e. The van der Waals surface area contributed by atoms with Crippen LogP contribution >= 0.6 is 0 Å². The van der Waals surface area contributed by atoms with Gasteiger partial charge in [0.25, 0.3) is 5.91 Å². The van der Waals surface area contributed by atoms with Gasteiger partial charge in [-0.05, 0) is 54.7 Å². The molecule has 4 nitrogen and oxygen atoms in total. The van der Waals surface area contributed by atoms with E-state index in [1.54, 1.807) is 12.5 Å². The summed E-state index contributed by atoms with van der Waals surface area (Å²) >= 11 is 0. The number of carbonyl (C=O) groups is 1. The van der Waals surface area contributed by atoms with Crippen molar-refractivity contribution >= 4 is 5.91 Å². The number of imidazole rings is 1. The van der Waals surface area contributed by atoms with Gasteiger partial charge in [-0.2, -0.15) is 0 Å². The van der Waals surface area contributed by atoms with E-state index in [0.29, 0.717) is 0 Å². The van der Waals surface area contributed by atoms with E-state index in [2.05, 4.69) is 29.2 Å². The number of hydrogen-bond acceptors (Lipinski definition) is 2. The third kappa shape index (κ3) is 2.95. The van der Waals surface area contributed by atoms with Crippen LogP contribution in [0.15, 0.2) is 67.3 Å². The third-order valence-electron chi connectivity index (χ3n) is 5.04. The highest BCUT2D eigenvalue weighted by Gasteiger charge is 2.27. The van der Waals surface area contributed by atoms with Gasteiger partial charge < -0.3 is 9.47 Å². The predicted molar refractivity (Wildman–Crippen MR) is 97.8 cm³/mol. The molecule has 1 aliphatic rings. The second kappa shape index (κ2) is 6.55. The maximum absolute atomic E-state index is 13.0. The average Bonchev–Trinajstić information content (AvgIpc) is 3.21. The zero-order valence-electron chi connectivity index (χ0n) is 14.3. The Bertz CT molecular complexity index is 868. The van der Waals surface area contributed by atoms with Crippen LogP contribution in [0.2, 0.25) is 0 Å². The van der Waals surface area contributed by atoms with E-state index in [4.69, 9.17) is 0 Å². The van der Waals surface area contributed by atoms with E-state index >= 15 is 0 Å². The van der Waals surface area contributed by atoms with Crippen molar-refractivity contribution in [2.24, 2.45) is 0 Å². The molecule has 1 aromatic heterocycles. The summed E-state index contributed by atoms with van der Waals surface area (Å²) in [6, 6.07) is 16.3. The van der Waals surface area contributed by atoms with Crippen molar-refractivity contribution in [1.29, 1.82) is 0 Å². The van der Waals surface area contributed by atoms with Gasteiger partial charge in [0.2, 0.25) is 0 Å². The molecule has 3 aromatic rings. The zero-order chi connectivity index (χ0) is 17.2. The van der Waals surface area contributed by atoms with E-state index < -0.39 is 0 Å². The molecule has 0 bridgehead atoms. The van der Waals surface area contributed by atoms with Crippen LogP contribution in [0, 0.1) is 0 Å². The average molecular weight is 331 g/mol. The molecule has 1 heterocycles. The van der Waals surface area contributed by atoms with Gasteiger partial charge in [-0.25, -0.2) is 4.98 Å². The molecule has 1 amide bonds. The molecule has 0 radical (unpaired) electrons. The lowest BCUT2D eigenvalue weighted by molar-refractivity contribution is 0.0715. The van der Waals surface area contributed by atoms with Crippen molar-refractivity contribution in [2.75, 3.05) is 7.05 Å². The molecule has 1 aliphatic carbocycles. The molecule has 0 N–H and O–H groups in total. The molecule has 126 valence electrons. The first-order valence-corrected chi connectivity index (χ1v) is 8.67. The van der Waals surface area contributed by atoms with Crippen molar-refractivity contribution in [2.45, 2.75) is 25.3 Å². The quantitative estimate of drug-likeness (QED) is 0.727. The lowest BCUT2D eigenvalue weighted by atomic mass is 9.87. The van der Waals surface area contributed by atoms with Crippen LogP contribution in [0.3, 0.4) is 0 Å². The number of nitrogens with zero attached hydrogens (tertiary/aromatic N) is 3. The van der Waals surface area contributed by atoms with Gasteiger partial charge >= 0.3 is 0 Å². The Labute approximate surface area is 147 Å². The van der Waals surface area contributed by atoms with Crippen LogP contribution in [-0.2, 0) is 6.42 Å². The summed E-state index contributed by atoms with van der Waals surface area (Å²) in [6.45, 7) is 0. The topological polar surface area (TPSA) is 38.1 Å². The fourth-order valence-corrected chi connectivity index (χ4v) is 3.66. The Hall–Kier alpha value is -2.88. The fraction of sp³-hybridized carbons (Fsp3) is 0.238. The number of benzene rings is 2. The molecule has 0 fully saturated rings. The second-order valence-corrected chi connectivity index (χ2v) is 6.54. The van der Waals surface area contributed by atoms with Crippen LogP contribution in [0.5, 0.6) is 0 Å². The Morgan fingerprint density at radius 3 is 2.72 bits per heavy atom. The Morgan fingerprint density at radius 2 is 1.96 bits per heavy atom. The van der Waals surface area contributed by atoms with Crippen LogP contribution < -0.4 is 0 Å². The van der Waals surface area contributed by atoms with Gasteiger partial charge in [0.15, 0.2) is 0 Å². The number of amides is 1. The SMILES string of the molecule is CN(C(=O)c1ccc(-n2ccnc2)cc1)[C@@H]1CCCc2ccccc21. The number of hydrogen-bond donors (Lipinski definition) is 0. The lowest BCUT2D eigenvalue weighted by Crippen LogP contribution is -2.33.